The van der Waals surface area contributed by atoms with Crippen molar-refractivity contribution in [3.63, 3.8) is 0 Å². The topological polar surface area (TPSA) is 95.9 Å². The maximum absolute atomic E-state index is 12.6. The third kappa shape index (κ3) is 4.82. The number of nitrogens with one attached hydrogen (secondary N) is 1. The lowest BCUT2D eigenvalue weighted by atomic mass is 10.0. The van der Waals surface area contributed by atoms with Crippen molar-refractivity contribution >= 4 is 15.9 Å². The number of phenolic OH excluding ortho intramolecular Hbond substituents is 1. The molecular formula is C20H24N2O5S. The lowest BCUT2D eigenvalue weighted by molar-refractivity contribution is 0.0711. The molecule has 1 saturated heterocycles. The molecule has 0 spiro atoms. The van der Waals surface area contributed by atoms with Gasteiger partial charge in [0.15, 0.2) is 0 Å². The summed E-state index contributed by atoms with van der Waals surface area (Å²) in [7, 11) is -3.63. The first-order valence-corrected chi connectivity index (χ1v) is 10.7. The number of carbonyl (C=O) groups is 1. The Balaban J connectivity index is 1.58. The summed E-state index contributed by atoms with van der Waals surface area (Å²) in [5.41, 5.74) is 0.424. The smallest absolute Gasteiger partial charge is 0.253 e. The minimum atomic E-state index is -3.63. The van der Waals surface area contributed by atoms with Crippen LogP contribution in [0.25, 0.3) is 0 Å². The van der Waals surface area contributed by atoms with Crippen molar-refractivity contribution in [2.24, 2.45) is 0 Å². The predicted octanol–water partition coefficient (Wildman–Crippen LogP) is 2.37. The number of likely N-dealkylation sites (tertiary alicyclic amines) is 1. The van der Waals surface area contributed by atoms with Crippen LogP contribution in [-0.2, 0) is 10.0 Å². The molecule has 0 atom stereocenters. The second kappa shape index (κ2) is 8.62. The Bertz CT molecular complexity index is 920. The van der Waals surface area contributed by atoms with Crippen molar-refractivity contribution in [1.29, 1.82) is 0 Å². The fraction of sp³-hybridized carbons (Fsp3) is 0.350. The quantitative estimate of drug-likeness (QED) is 0.771. The maximum atomic E-state index is 12.6. The number of phenols is 1. The Kier molecular flexibility index (Phi) is 6.21. The molecule has 1 aliphatic heterocycles. The molecule has 3 rings (SSSR count). The summed E-state index contributed by atoms with van der Waals surface area (Å²) < 4.78 is 33.2. The molecule has 2 N–H and O–H groups in total. The van der Waals surface area contributed by atoms with E-state index in [0.29, 0.717) is 43.9 Å². The largest absolute Gasteiger partial charge is 0.508 e. The molecule has 0 aliphatic carbocycles. The van der Waals surface area contributed by atoms with E-state index in [9.17, 15) is 18.3 Å². The number of piperidine rings is 1. The van der Waals surface area contributed by atoms with Gasteiger partial charge in [0.2, 0.25) is 10.0 Å². The molecule has 0 saturated carbocycles. The Morgan fingerprint density at radius 1 is 1.18 bits per heavy atom. The standard InChI is InChI=1S/C20H24N2O5S/c1-2-27-18-6-8-19(9-7-18)28(25,26)21-16-10-12-22(13-11-16)20(24)15-4-3-5-17(23)14-15/h3-9,14,16,21,23H,2,10-13H2,1H3. The lowest BCUT2D eigenvalue weighted by Gasteiger charge is -2.32. The van der Waals surface area contributed by atoms with Crippen molar-refractivity contribution in [3.05, 3.63) is 54.1 Å². The molecule has 0 unspecified atom stereocenters. The summed E-state index contributed by atoms with van der Waals surface area (Å²) in [5.74, 6) is 0.507. The number of nitrogens with zero attached hydrogens (tertiary/aromatic N) is 1. The van der Waals surface area contributed by atoms with Gasteiger partial charge >= 0.3 is 0 Å². The van der Waals surface area contributed by atoms with Crippen LogP contribution in [0.2, 0.25) is 0 Å². The minimum absolute atomic E-state index is 0.0452. The molecule has 1 heterocycles. The van der Waals surface area contributed by atoms with E-state index in [1.165, 1.54) is 24.3 Å². The third-order valence-electron chi connectivity index (χ3n) is 4.64. The molecule has 1 amide bonds. The number of rotatable bonds is 6. The Morgan fingerprint density at radius 2 is 1.86 bits per heavy atom. The van der Waals surface area contributed by atoms with Crippen LogP contribution in [0.4, 0.5) is 0 Å². The molecule has 0 aromatic heterocycles. The summed E-state index contributed by atoms with van der Waals surface area (Å²) in [4.78, 5) is 14.4. The van der Waals surface area contributed by atoms with E-state index in [4.69, 9.17) is 4.74 Å². The number of sulfonamides is 1. The fourth-order valence-electron chi connectivity index (χ4n) is 3.19. The van der Waals surface area contributed by atoms with E-state index < -0.39 is 10.0 Å². The van der Waals surface area contributed by atoms with Gasteiger partial charge in [0.05, 0.1) is 11.5 Å². The SMILES string of the molecule is CCOc1ccc(S(=O)(=O)NC2CCN(C(=O)c3cccc(O)c3)CC2)cc1. The van der Waals surface area contributed by atoms with Crippen LogP contribution >= 0.6 is 0 Å². The van der Waals surface area contributed by atoms with Crippen LogP contribution in [-0.4, -0.2) is 50.1 Å². The molecule has 28 heavy (non-hydrogen) atoms. The zero-order chi connectivity index (χ0) is 20.1. The van der Waals surface area contributed by atoms with Crippen LogP contribution in [0.1, 0.15) is 30.1 Å². The van der Waals surface area contributed by atoms with E-state index in [1.54, 1.807) is 29.2 Å². The van der Waals surface area contributed by atoms with Crippen molar-refractivity contribution in [3.8, 4) is 11.5 Å². The number of ether oxygens (including phenoxy) is 1. The highest BCUT2D eigenvalue weighted by molar-refractivity contribution is 7.89. The predicted molar refractivity (Wildman–Crippen MR) is 105 cm³/mol. The van der Waals surface area contributed by atoms with E-state index in [1.807, 2.05) is 6.92 Å². The number of carbonyl (C=O) groups excluding carboxylic acids is 1. The highest BCUT2D eigenvalue weighted by atomic mass is 32.2. The Labute approximate surface area is 165 Å². The highest BCUT2D eigenvalue weighted by Crippen LogP contribution is 2.20. The third-order valence-corrected chi connectivity index (χ3v) is 6.18. The maximum Gasteiger partial charge on any atom is 0.253 e. The molecule has 1 aliphatic rings. The Morgan fingerprint density at radius 3 is 2.46 bits per heavy atom. The summed E-state index contributed by atoms with van der Waals surface area (Å²) in [5, 5.41) is 9.53. The first kappa shape index (κ1) is 20.2. The van der Waals surface area contributed by atoms with Crippen LogP contribution in [0.15, 0.2) is 53.4 Å². The average molecular weight is 404 g/mol. The van der Waals surface area contributed by atoms with Crippen LogP contribution in [0, 0.1) is 0 Å². The van der Waals surface area contributed by atoms with Gasteiger partial charge in [-0.25, -0.2) is 13.1 Å². The summed E-state index contributed by atoms with van der Waals surface area (Å²) >= 11 is 0. The summed E-state index contributed by atoms with van der Waals surface area (Å²) in [6, 6.07) is 12.3. The monoisotopic (exact) mass is 404 g/mol. The first-order valence-electron chi connectivity index (χ1n) is 9.22. The van der Waals surface area contributed by atoms with Crippen molar-refractivity contribution in [1.82, 2.24) is 9.62 Å². The molecule has 2 aromatic carbocycles. The molecule has 7 nitrogen and oxygen atoms in total. The number of hydrogen-bond acceptors (Lipinski definition) is 5. The zero-order valence-corrected chi connectivity index (χ0v) is 16.5. The number of amides is 1. The lowest BCUT2D eigenvalue weighted by Crippen LogP contribution is -2.46. The fourth-order valence-corrected chi connectivity index (χ4v) is 4.50. The van der Waals surface area contributed by atoms with Gasteiger partial charge in [0, 0.05) is 24.7 Å². The first-order chi connectivity index (χ1) is 13.4. The van der Waals surface area contributed by atoms with Crippen molar-refractivity contribution in [2.75, 3.05) is 19.7 Å². The molecular weight excluding hydrogens is 380 g/mol. The Hall–Kier alpha value is -2.58. The van der Waals surface area contributed by atoms with E-state index in [-0.39, 0.29) is 22.6 Å². The van der Waals surface area contributed by atoms with E-state index >= 15 is 0 Å². The van der Waals surface area contributed by atoms with Crippen LogP contribution < -0.4 is 9.46 Å². The normalized spacial score (nSPS) is 15.4. The van der Waals surface area contributed by atoms with Gasteiger partial charge in [-0.15, -0.1) is 0 Å². The number of benzene rings is 2. The summed E-state index contributed by atoms with van der Waals surface area (Å²) in [6.07, 6.45) is 1.06. The van der Waals surface area contributed by atoms with Crippen molar-refractivity contribution in [2.45, 2.75) is 30.7 Å². The zero-order valence-electron chi connectivity index (χ0n) is 15.7. The number of hydrogen-bond donors (Lipinski definition) is 2. The van der Waals surface area contributed by atoms with Gasteiger partial charge in [0.1, 0.15) is 11.5 Å². The highest BCUT2D eigenvalue weighted by Gasteiger charge is 2.27. The molecule has 150 valence electrons. The van der Waals surface area contributed by atoms with E-state index in [2.05, 4.69) is 4.72 Å². The van der Waals surface area contributed by atoms with Gasteiger partial charge in [0.25, 0.3) is 5.91 Å². The van der Waals surface area contributed by atoms with Crippen molar-refractivity contribution < 1.29 is 23.1 Å². The molecule has 8 heteroatoms. The molecule has 1 fully saturated rings. The summed E-state index contributed by atoms with van der Waals surface area (Å²) in [6.45, 7) is 3.28. The minimum Gasteiger partial charge on any atom is -0.508 e. The second-order valence-electron chi connectivity index (χ2n) is 6.64. The van der Waals surface area contributed by atoms with E-state index in [0.717, 1.165) is 0 Å². The second-order valence-corrected chi connectivity index (χ2v) is 8.36. The van der Waals surface area contributed by atoms with Gasteiger partial charge in [-0.3, -0.25) is 4.79 Å². The average Bonchev–Trinajstić information content (AvgIpc) is 2.68. The van der Waals surface area contributed by atoms with Crippen LogP contribution in [0.3, 0.4) is 0 Å². The number of aromatic hydroxyl groups is 1. The van der Waals surface area contributed by atoms with Crippen LogP contribution in [0.5, 0.6) is 11.5 Å². The molecule has 0 bridgehead atoms. The van der Waals surface area contributed by atoms with Gasteiger partial charge in [-0.2, -0.15) is 0 Å². The van der Waals surface area contributed by atoms with Gasteiger partial charge in [-0.05, 0) is 62.2 Å². The van der Waals surface area contributed by atoms with Gasteiger partial charge in [-0.1, -0.05) is 6.07 Å². The molecule has 0 radical (unpaired) electrons. The van der Waals surface area contributed by atoms with Gasteiger partial charge < -0.3 is 14.7 Å². The molecule has 2 aromatic rings.